The summed E-state index contributed by atoms with van der Waals surface area (Å²) in [5, 5.41) is 6.21. The maximum atomic E-state index is 11.4. The highest BCUT2D eigenvalue weighted by Crippen LogP contribution is 2.15. The Morgan fingerprint density at radius 2 is 2.29 bits per heavy atom. The molecule has 1 unspecified atom stereocenters. The van der Waals surface area contributed by atoms with Gasteiger partial charge < -0.3 is 4.74 Å². The van der Waals surface area contributed by atoms with Crippen LogP contribution in [0.4, 0.5) is 0 Å². The van der Waals surface area contributed by atoms with Crippen molar-refractivity contribution < 1.29 is 4.74 Å². The van der Waals surface area contributed by atoms with Gasteiger partial charge in [0.2, 0.25) is 0 Å². The van der Waals surface area contributed by atoms with Gasteiger partial charge in [0.1, 0.15) is 0 Å². The molecule has 0 radical (unpaired) electrons. The third-order valence-electron chi connectivity index (χ3n) is 2.09. The number of ether oxygens (including phenoxy) is 1. The molecule has 0 fully saturated rings. The maximum Gasteiger partial charge on any atom is 0.346 e. The number of aromatic nitrogens is 3. The first-order valence-corrected chi connectivity index (χ1v) is 5.00. The van der Waals surface area contributed by atoms with Crippen molar-refractivity contribution in [1.82, 2.24) is 14.8 Å². The fourth-order valence-corrected chi connectivity index (χ4v) is 1.46. The molecule has 1 heterocycles. The van der Waals surface area contributed by atoms with E-state index in [-0.39, 0.29) is 11.7 Å². The topological polar surface area (TPSA) is 59.9 Å². The van der Waals surface area contributed by atoms with Gasteiger partial charge in [-0.25, -0.2) is 14.5 Å². The molecule has 1 rings (SSSR count). The van der Waals surface area contributed by atoms with E-state index in [9.17, 15) is 4.79 Å². The summed E-state index contributed by atoms with van der Waals surface area (Å²) in [6.45, 7) is 6.46. The molecule has 0 spiro atoms. The Labute approximate surface area is 83.1 Å². The van der Waals surface area contributed by atoms with E-state index in [1.807, 2.05) is 13.8 Å². The van der Waals surface area contributed by atoms with Gasteiger partial charge in [-0.2, -0.15) is 0 Å². The van der Waals surface area contributed by atoms with Crippen molar-refractivity contribution in [3.8, 4) is 6.01 Å². The molecule has 0 saturated heterocycles. The predicted molar refractivity (Wildman–Crippen MR) is 53.6 cm³/mol. The van der Waals surface area contributed by atoms with Crippen LogP contribution in [0.3, 0.4) is 0 Å². The molecule has 5 heteroatoms. The first-order valence-electron chi connectivity index (χ1n) is 5.00. The maximum absolute atomic E-state index is 11.4. The van der Waals surface area contributed by atoms with Gasteiger partial charge in [-0.1, -0.05) is 13.3 Å². The lowest BCUT2D eigenvalue weighted by atomic mass is 10.2. The number of aromatic amines is 1. The average molecular weight is 199 g/mol. The molecule has 5 nitrogen and oxygen atoms in total. The van der Waals surface area contributed by atoms with Crippen molar-refractivity contribution in [3.63, 3.8) is 0 Å². The zero-order valence-corrected chi connectivity index (χ0v) is 8.91. The van der Waals surface area contributed by atoms with E-state index in [2.05, 4.69) is 17.1 Å². The standard InChI is InChI=1S/C9H17N3O2/c1-4-6-7(3)12-8(13)10-11-9(12)14-5-2/h7H,4-6H2,1-3H3,(H,10,13). The number of nitrogens with one attached hydrogen (secondary N) is 1. The van der Waals surface area contributed by atoms with E-state index in [1.54, 1.807) is 4.57 Å². The zero-order chi connectivity index (χ0) is 10.6. The Hall–Kier alpha value is -1.26. The SMILES string of the molecule is CCCC(C)n1c(OCC)n[nH]c1=O. The van der Waals surface area contributed by atoms with Crippen LogP contribution in [0.1, 0.15) is 39.7 Å². The molecule has 14 heavy (non-hydrogen) atoms. The predicted octanol–water partition coefficient (Wildman–Crippen LogP) is 1.33. The summed E-state index contributed by atoms with van der Waals surface area (Å²) in [7, 11) is 0. The minimum Gasteiger partial charge on any atom is -0.464 e. The second kappa shape index (κ2) is 4.83. The van der Waals surface area contributed by atoms with Crippen LogP contribution in [0, 0.1) is 0 Å². The highest BCUT2D eigenvalue weighted by atomic mass is 16.5. The normalized spacial score (nSPS) is 12.8. The van der Waals surface area contributed by atoms with E-state index < -0.39 is 0 Å². The first-order chi connectivity index (χ1) is 6.70. The van der Waals surface area contributed by atoms with E-state index >= 15 is 0 Å². The van der Waals surface area contributed by atoms with Gasteiger partial charge >= 0.3 is 11.7 Å². The van der Waals surface area contributed by atoms with E-state index in [0.29, 0.717) is 12.6 Å². The Morgan fingerprint density at radius 3 is 2.86 bits per heavy atom. The monoisotopic (exact) mass is 199 g/mol. The van der Waals surface area contributed by atoms with Gasteiger partial charge in [-0.05, 0) is 20.3 Å². The Kier molecular flexibility index (Phi) is 3.73. The fourth-order valence-electron chi connectivity index (χ4n) is 1.46. The molecule has 1 N–H and O–H groups in total. The molecular formula is C9H17N3O2. The van der Waals surface area contributed by atoms with Crippen molar-refractivity contribution in [2.24, 2.45) is 0 Å². The van der Waals surface area contributed by atoms with Crippen LogP contribution in [0.25, 0.3) is 0 Å². The van der Waals surface area contributed by atoms with Crippen LogP contribution >= 0.6 is 0 Å². The number of hydrogen-bond acceptors (Lipinski definition) is 3. The quantitative estimate of drug-likeness (QED) is 0.778. The summed E-state index contributed by atoms with van der Waals surface area (Å²) < 4.78 is 6.81. The van der Waals surface area contributed by atoms with Crippen molar-refractivity contribution in [3.05, 3.63) is 10.5 Å². The number of nitrogens with zero attached hydrogens (tertiary/aromatic N) is 2. The molecule has 0 aromatic carbocycles. The van der Waals surface area contributed by atoms with Gasteiger partial charge in [0, 0.05) is 6.04 Å². The molecule has 0 aliphatic rings. The summed E-state index contributed by atoms with van der Waals surface area (Å²) in [6, 6.07) is 0.520. The van der Waals surface area contributed by atoms with E-state index in [1.165, 1.54) is 0 Å². The Bertz CT molecular complexity index is 329. The summed E-state index contributed by atoms with van der Waals surface area (Å²) >= 11 is 0. The second-order valence-electron chi connectivity index (χ2n) is 3.25. The van der Waals surface area contributed by atoms with Crippen molar-refractivity contribution >= 4 is 0 Å². The summed E-state index contributed by atoms with van der Waals surface area (Å²) in [5.41, 5.74) is -0.200. The van der Waals surface area contributed by atoms with Crippen LogP contribution in [0.5, 0.6) is 6.01 Å². The molecular weight excluding hydrogens is 182 g/mol. The zero-order valence-electron chi connectivity index (χ0n) is 8.91. The molecule has 1 atom stereocenters. The van der Waals surface area contributed by atoms with Crippen LogP contribution < -0.4 is 10.4 Å². The molecule has 80 valence electrons. The lowest BCUT2D eigenvalue weighted by Crippen LogP contribution is -2.21. The molecule has 0 aliphatic carbocycles. The molecule has 0 saturated carbocycles. The van der Waals surface area contributed by atoms with E-state index in [0.717, 1.165) is 12.8 Å². The molecule has 0 amide bonds. The van der Waals surface area contributed by atoms with Crippen molar-refractivity contribution in [2.75, 3.05) is 6.61 Å². The van der Waals surface area contributed by atoms with Crippen LogP contribution in [-0.4, -0.2) is 21.4 Å². The second-order valence-corrected chi connectivity index (χ2v) is 3.25. The number of H-pyrrole nitrogens is 1. The van der Waals surface area contributed by atoms with Crippen molar-refractivity contribution in [2.45, 2.75) is 39.7 Å². The molecule has 1 aromatic rings. The van der Waals surface area contributed by atoms with Crippen molar-refractivity contribution in [1.29, 1.82) is 0 Å². The minimum atomic E-state index is -0.200. The highest BCUT2D eigenvalue weighted by Gasteiger charge is 2.14. The summed E-state index contributed by atoms with van der Waals surface area (Å²) in [4.78, 5) is 11.4. The lowest BCUT2D eigenvalue weighted by Gasteiger charge is -2.12. The van der Waals surface area contributed by atoms with Gasteiger partial charge in [0.15, 0.2) is 0 Å². The minimum absolute atomic E-state index is 0.132. The molecule has 0 aliphatic heterocycles. The van der Waals surface area contributed by atoms with Crippen LogP contribution in [0.2, 0.25) is 0 Å². The first kappa shape index (κ1) is 10.8. The average Bonchev–Trinajstić information content (AvgIpc) is 2.48. The molecule has 1 aromatic heterocycles. The summed E-state index contributed by atoms with van der Waals surface area (Å²) in [6.07, 6.45) is 1.98. The number of rotatable bonds is 5. The third kappa shape index (κ3) is 2.16. The third-order valence-corrected chi connectivity index (χ3v) is 2.09. The van der Waals surface area contributed by atoms with Gasteiger partial charge in [-0.15, -0.1) is 5.10 Å². The highest BCUT2D eigenvalue weighted by molar-refractivity contribution is 4.94. The summed E-state index contributed by atoms with van der Waals surface area (Å²) in [5.74, 6) is 0. The number of hydrogen-bond donors (Lipinski definition) is 1. The van der Waals surface area contributed by atoms with Gasteiger partial charge in [0.25, 0.3) is 0 Å². The fraction of sp³-hybridized carbons (Fsp3) is 0.778. The molecule has 0 bridgehead atoms. The van der Waals surface area contributed by atoms with Gasteiger partial charge in [-0.3, -0.25) is 0 Å². The van der Waals surface area contributed by atoms with E-state index in [4.69, 9.17) is 4.74 Å². The largest absolute Gasteiger partial charge is 0.464 e. The lowest BCUT2D eigenvalue weighted by molar-refractivity contribution is 0.281. The van der Waals surface area contributed by atoms with Gasteiger partial charge in [0.05, 0.1) is 6.61 Å². The Balaban J connectivity index is 2.92. The van der Waals surface area contributed by atoms with Crippen LogP contribution in [0.15, 0.2) is 4.79 Å². The van der Waals surface area contributed by atoms with Crippen LogP contribution in [-0.2, 0) is 0 Å². The smallest absolute Gasteiger partial charge is 0.346 e. The Morgan fingerprint density at radius 1 is 1.57 bits per heavy atom.